The lowest BCUT2D eigenvalue weighted by atomic mass is 9.63. The van der Waals surface area contributed by atoms with Gasteiger partial charge in [0.1, 0.15) is 16.8 Å². The third-order valence-electron chi connectivity index (χ3n) is 11.2. The Kier molecular flexibility index (Phi) is 5.85. The zero-order valence-corrected chi connectivity index (χ0v) is 28.0. The van der Waals surface area contributed by atoms with Gasteiger partial charge in [-0.2, -0.15) is 0 Å². The van der Waals surface area contributed by atoms with Gasteiger partial charge in [-0.1, -0.05) is 113 Å². The van der Waals surface area contributed by atoms with Crippen molar-refractivity contribution in [3.05, 3.63) is 132 Å². The average Bonchev–Trinajstić information content (AvgIpc) is 3.78. The molecule has 9 aromatic rings. The number of aromatic nitrogens is 3. The van der Waals surface area contributed by atoms with Gasteiger partial charge in [-0.25, -0.2) is 9.97 Å². The monoisotopic (exact) mass is 633 g/mol. The Balaban J connectivity index is 1.27. The van der Waals surface area contributed by atoms with Gasteiger partial charge in [0.25, 0.3) is 0 Å². The fourth-order valence-electron chi connectivity index (χ4n) is 9.17. The van der Waals surface area contributed by atoms with E-state index in [1.807, 2.05) is 0 Å². The topological polar surface area (TPSA) is 54.7 Å². The van der Waals surface area contributed by atoms with Crippen molar-refractivity contribution in [2.75, 3.05) is 0 Å². The van der Waals surface area contributed by atoms with Crippen molar-refractivity contribution in [3.63, 3.8) is 0 Å². The molecule has 4 heteroatoms. The molecule has 0 amide bonds. The smallest absolute Gasteiger partial charge is 0.162 e. The quantitative estimate of drug-likeness (QED) is 0.210. The van der Waals surface area contributed by atoms with Crippen LogP contribution in [0.5, 0.6) is 0 Å². The fourth-order valence-corrected chi connectivity index (χ4v) is 9.17. The third kappa shape index (κ3) is 3.80. The van der Waals surface area contributed by atoms with Crippen LogP contribution in [0.2, 0.25) is 0 Å². The van der Waals surface area contributed by atoms with Crippen LogP contribution in [0.3, 0.4) is 0 Å². The van der Waals surface area contributed by atoms with E-state index in [-0.39, 0.29) is 5.41 Å². The molecule has 4 nitrogen and oxygen atoms in total. The van der Waals surface area contributed by atoms with Crippen molar-refractivity contribution in [1.29, 1.82) is 0 Å². The van der Waals surface area contributed by atoms with Gasteiger partial charge in [-0.05, 0) is 81.3 Å². The summed E-state index contributed by atoms with van der Waals surface area (Å²) in [5.41, 5.74) is 12.0. The van der Waals surface area contributed by atoms with Crippen LogP contribution < -0.4 is 0 Å². The summed E-state index contributed by atoms with van der Waals surface area (Å²) in [7, 11) is 0. The number of hydrogen-bond acceptors (Lipinski definition) is 3. The molecule has 1 N–H and O–H groups in total. The number of furan rings is 1. The number of fused-ring (bicyclic) bond motifs is 11. The zero-order chi connectivity index (χ0) is 33.0. The van der Waals surface area contributed by atoms with Gasteiger partial charge in [0.05, 0.1) is 11.1 Å². The standard InChI is InChI=1S/C45H35N3O/c1-25(2)45(26(3)4)34-15-9-7-13-31(34)39-35(45)20-22-38-40(39)33-24-29(19-21-37(33)49-38)42-41-32-14-8-10-16-36(32)46-44(41)48-43(47-42)30-18-17-27-11-5-6-12-28(27)23-30/h5-26H,1-4H3,(H,46,47,48). The lowest BCUT2D eigenvalue weighted by Gasteiger charge is -2.40. The van der Waals surface area contributed by atoms with Crippen LogP contribution in [-0.2, 0) is 5.41 Å². The van der Waals surface area contributed by atoms with Crippen LogP contribution in [-0.4, -0.2) is 15.0 Å². The van der Waals surface area contributed by atoms with Crippen molar-refractivity contribution >= 4 is 54.6 Å². The molecule has 0 saturated carbocycles. The highest BCUT2D eigenvalue weighted by atomic mass is 16.3. The zero-order valence-electron chi connectivity index (χ0n) is 28.0. The fraction of sp³-hybridized carbons (Fsp3) is 0.156. The summed E-state index contributed by atoms with van der Waals surface area (Å²) in [6.45, 7) is 9.49. The molecule has 0 unspecified atom stereocenters. The first-order valence-electron chi connectivity index (χ1n) is 17.3. The number of aromatic amines is 1. The molecule has 0 spiro atoms. The molecule has 1 aliphatic rings. The number of hydrogen-bond donors (Lipinski definition) is 1. The second-order valence-corrected chi connectivity index (χ2v) is 14.3. The molecule has 0 aliphatic heterocycles. The minimum Gasteiger partial charge on any atom is -0.456 e. The van der Waals surface area contributed by atoms with E-state index in [9.17, 15) is 0 Å². The van der Waals surface area contributed by atoms with E-state index < -0.39 is 0 Å². The first-order chi connectivity index (χ1) is 23.9. The maximum absolute atomic E-state index is 6.61. The molecule has 236 valence electrons. The second-order valence-electron chi connectivity index (χ2n) is 14.3. The van der Waals surface area contributed by atoms with Gasteiger partial charge in [0, 0.05) is 38.2 Å². The van der Waals surface area contributed by atoms with Crippen molar-refractivity contribution < 1.29 is 4.42 Å². The van der Waals surface area contributed by atoms with Crippen LogP contribution in [0.25, 0.3) is 88.4 Å². The summed E-state index contributed by atoms with van der Waals surface area (Å²) < 4.78 is 6.61. The van der Waals surface area contributed by atoms with Crippen LogP contribution in [0.15, 0.2) is 126 Å². The SMILES string of the molecule is CC(C)C1(C(C)C)c2ccccc2-c2c1ccc1oc3ccc(-c4nc(-c5ccc6ccccc6c5)nc5[nH]c6ccccc6c45)cc3c21. The van der Waals surface area contributed by atoms with Gasteiger partial charge in [0.15, 0.2) is 5.82 Å². The number of benzene rings is 6. The number of para-hydroxylation sites is 1. The summed E-state index contributed by atoms with van der Waals surface area (Å²) in [5, 5.41) is 6.81. The maximum Gasteiger partial charge on any atom is 0.162 e. The van der Waals surface area contributed by atoms with Gasteiger partial charge in [0.2, 0.25) is 0 Å². The maximum atomic E-state index is 6.61. The van der Waals surface area contributed by atoms with Crippen molar-refractivity contribution in [2.24, 2.45) is 11.8 Å². The van der Waals surface area contributed by atoms with E-state index in [1.54, 1.807) is 0 Å². The third-order valence-corrected chi connectivity index (χ3v) is 11.2. The lowest BCUT2D eigenvalue weighted by Crippen LogP contribution is -2.37. The molecule has 0 bridgehead atoms. The minimum atomic E-state index is -0.0844. The van der Waals surface area contributed by atoms with Crippen molar-refractivity contribution in [1.82, 2.24) is 15.0 Å². The molecule has 3 aromatic heterocycles. The molecule has 49 heavy (non-hydrogen) atoms. The first kappa shape index (κ1) is 28.3. The molecule has 0 fully saturated rings. The summed E-state index contributed by atoms with van der Waals surface area (Å²) in [6.07, 6.45) is 0. The summed E-state index contributed by atoms with van der Waals surface area (Å²) in [6, 6.07) is 43.4. The largest absolute Gasteiger partial charge is 0.456 e. The highest BCUT2D eigenvalue weighted by Crippen LogP contribution is 2.59. The van der Waals surface area contributed by atoms with Crippen molar-refractivity contribution in [3.8, 4) is 33.8 Å². The lowest BCUT2D eigenvalue weighted by molar-refractivity contribution is 0.280. The van der Waals surface area contributed by atoms with Gasteiger partial charge < -0.3 is 9.40 Å². The molecule has 0 saturated heterocycles. The first-order valence-corrected chi connectivity index (χ1v) is 17.3. The Hall–Kier alpha value is -5.74. The predicted octanol–water partition coefficient (Wildman–Crippen LogP) is 12.1. The molecule has 1 aliphatic carbocycles. The van der Waals surface area contributed by atoms with Crippen LogP contribution in [0.4, 0.5) is 0 Å². The number of nitrogens with one attached hydrogen (secondary N) is 1. The van der Waals surface area contributed by atoms with Gasteiger partial charge in [-0.15, -0.1) is 0 Å². The van der Waals surface area contributed by atoms with E-state index in [1.165, 1.54) is 38.4 Å². The minimum absolute atomic E-state index is 0.0844. The van der Waals surface area contributed by atoms with Gasteiger partial charge >= 0.3 is 0 Å². The van der Waals surface area contributed by atoms with E-state index >= 15 is 0 Å². The Labute approximate surface area is 284 Å². The summed E-state index contributed by atoms with van der Waals surface area (Å²) in [5.74, 6) is 1.54. The average molecular weight is 634 g/mol. The summed E-state index contributed by atoms with van der Waals surface area (Å²) >= 11 is 0. The predicted molar refractivity (Wildman–Crippen MR) is 203 cm³/mol. The van der Waals surface area contributed by atoms with Gasteiger partial charge in [-0.3, -0.25) is 0 Å². The molecule has 10 rings (SSSR count). The van der Waals surface area contributed by atoms with E-state index in [4.69, 9.17) is 14.4 Å². The highest BCUT2D eigenvalue weighted by molar-refractivity contribution is 6.17. The van der Waals surface area contributed by atoms with E-state index in [0.29, 0.717) is 17.7 Å². The number of H-pyrrole nitrogens is 1. The van der Waals surface area contributed by atoms with Crippen LogP contribution >= 0.6 is 0 Å². The molecule has 0 radical (unpaired) electrons. The Bertz CT molecular complexity index is 2790. The Morgan fingerprint density at radius 1 is 0.592 bits per heavy atom. The molecule has 0 atom stereocenters. The Morgan fingerprint density at radius 2 is 1.33 bits per heavy atom. The molecule has 6 aromatic carbocycles. The van der Waals surface area contributed by atoms with Crippen LogP contribution in [0.1, 0.15) is 38.8 Å². The summed E-state index contributed by atoms with van der Waals surface area (Å²) in [4.78, 5) is 14.1. The highest BCUT2D eigenvalue weighted by Gasteiger charge is 2.48. The van der Waals surface area contributed by atoms with Crippen LogP contribution in [0, 0.1) is 11.8 Å². The van der Waals surface area contributed by atoms with Crippen molar-refractivity contribution in [2.45, 2.75) is 33.1 Å². The normalized spacial score (nSPS) is 13.8. The molecular formula is C45H35N3O. The van der Waals surface area contributed by atoms with E-state index in [2.05, 4.69) is 154 Å². The molecular weight excluding hydrogens is 599 g/mol. The molecule has 3 heterocycles. The van der Waals surface area contributed by atoms with E-state index in [0.717, 1.165) is 55.3 Å². The number of nitrogens with zero attached hydrogens (tertiary/aromatic N) is 2. The second kappa shape index (κ2) is 10.1. The Morgan fingerprint density at radius 3 is 2.18 bits per heavy atom. The number of rotatable bonds is 4.